The van der Waals surface area contributed by atoms with E-state index in [1.165, 1.54) is 25.5 Å². The van der Waals surface area contributed by atoms with Gasteiger partial charge in [0.2, 0.25) is 0 Å². The Bertz CT molecular complexity index is 791. The van der Waals surface area contributed by atoms with E-state index in [0.29, 0.717) is 5.75 Å². The average molecular weight is 331 g/mol. The maximum absolute atomic E-state index is 12.0. The van der Waals surface area contributed by atoms with Crippen LogP contribution in [0.1, 0.15) is 5.56 Å². The molecule has 0 unspecified atom stereocenters. The van der Waals surface area contributed by atoms with Crippen molar-refractivity contribution in [2.45, 2.75) is 4.90 Å². The van der Waals surface area contributed by atoms with Gasteiger partial charge in [0.1, 0.15) is 11.5 Å². The van der Waals surface area contributed by atoms with Crippen molar-refractivity contribution in [2.24, 2.45) is 4.40 Å². The van der Waals surface area contributed by atoms with Gasteiger partial charge in [-0.3, -0.25) is 0 Å². The van der Waals surface area contributed by atoms with Crippen LogP contribution >= 0.6 is 0 Å². The molecule has 0 saturated heterocycles. The van der Waals surface area contributed by atoms with Crippen LogP contribution in [-0.2, 0) is 10.0 Å². The first-order valence-electron chi connectivity index (χ1n) is 6.80. The van der Waals surface area contributed by atoms with E-state index < -0.39 is 10.0 Å². The molecule has 6 heteroatoms. The first-order chi connectivity index (χ1) is 11.0. The molecular weight excluding hydrogens is 314 g/mol. The van der Waals surface area contributed by atoms with Gasteiger partial charge in [-0.25, -0.2) is 0 Å². The van der Waals surface area contributed by atoms with Crippen molar-refractivity contribution in [1.82, 2.24) is 0 Å². The van der Waals surface area contributed by atoms with E-state index in [2.05, 4.69) is 4.40 Å². The van der Waals surface area contributed by atoms with E-state index in [1.807, 2.05) is 24.3 Å². The fourth-order valence-electron chi connectivity index (χ4n) is 1.79. The van der Waals surface area contributed by atoms with Crippen LogP contribution in [0.4, 0.5) is 0 Å². The Morgan fingerprint density at radius 2 is 1.39 bits per heavy atom. The summed E-state index contributed by atoms with van der Waals surface area (Å²) in [7, 11) is -0.590. The molecule has 2 rings (SSSR count). The Morgan fingerprint density at radius 1 is 0.870 bits per heavy atom. The normalized spacial score (nSPS) is 11.9. The van der Waals surface area contributed by atoms with E-state index in [4.69, 9.17) is 9.47 Å². The summed E-state index contributed by atoms with van der Waals surface area (Å²) in [6.45, 7) is 0. The third-order valence-corrected chi connectivity index (χ3v) is 4.31. The van der Waals surface area contributed by atoms with Gasteiger partial charge in [0.15, 0.2) is 0 Å². The number of hydrogen-bond acceptors (Lipinski definition) is 4. The quantitative estimate of drug-likeness (QED) is 0.763. The van der Waals surface area contributed by atoms with Gasteiger partial charge >= 0.3 is 0 Å². The van der Waals surface area contributed by atoms with Crippen LogP contribution in [0.5, 0.6) is 11.5 Å². The molecule has 0 radical (unpaired) electrons. The summed E-state index contributed by atoms with van der Waals surface area (Å²) in [5.74, 6) is 1.35. The highest BCUT2D eigenvalue weighted by molar-refractivity contribution is 7.90. The first-order valence-corrected chi connectivity index (χ1v) is 8.24. The van der Waals surface area contributed by atoms with Gasteiger partial charge in [-0.1, -0.05) is 18.2 Å². The number of sulfonamides is 1. The highest BCUT2D eigenvalue weighted by Gasteiger charge is 2.10. The van der Waals surface area contributed by atoms with E-state index in [0.717, 1.165) is 11.3 Å². The number of methoxy groups -OCH3 is 2. The van der Waals surface area contributed by atoms with Crippen LogP contribution in [0.2, 0.25) is 0 Å². The summed E-state index contributed by atoms with van der Waals surface area (Å²) in [6, 6.07) is 13.4. The lowest BCUT2D eigenvalue weighted by molar-refractivity contribution is 0.414. The zero-order valence-electron chi connectivity index (χ0n) is 12.8. The molecule has 120 valence electrons. The Balaban J connectivity index is 2.06. The van der Waals surface area contributed by atoms with Crippen molar-refractivity contribution in [2.75, 3.05) is 14.2 Å². The molecule has 5 nitrogen and oxygen atoms in total. The molecule has 23 heavy (non-hydrogen) atoms. The number of ether oxygens (including phenoxy) is 2. The molecule has 0 aromatic heterocycles. The summed E-state index contributed by atoms with van der Waals surface area (Å²) in [5.41, 5.74) is 0.916. The topological polar surface area (TPSA) is 65.0 Å². The van der Waals surface area contributed by atoms with E-state index in [9.17, 15) is 8.42 Å². The van der Waals surface area contributed by atoms with Gasteiger partial charge in [-0.15, -0.1) is 0 Å². The number of allylic oxidation sites excluding steroid dienone is 1. The van der Waals surface area contributed by atoms with Crippen molar-refractivity contribution in [3.63, 3.8) is 0 Å². The third kappa shape index (κ3) is 4.69. The molecule has 0 atom stereocenters. The third-order valence-electron chi connectivity index (χ3n) is 3.05. The summed E-state index contributed by atoms with van der Waals surface area (Å²) in [6.07, 6.45) is 4.58. The highest BCUT2D eigenvalue weighted by Crippen LogP contribution is 2.17. The minimum atomic E-state index is -3.71. The second-order valence-corrected chi connectivity index (χ2v) is 6.17. The predicted molar refractivity (Wildman–Crippen MR) is 90.7 cm³/mol. The minimum Gasteiger partial charge on any atom is -0.497 e. The van der Waals surface area contributed by atoms with Crippen molar-refractivity contribution in [1.29, 1.82) is 0 Å². The molecule has 0 spiro atoms. The Kier molecular flexibility index (Phi) is 5.54. The minimum absolute atomic E-state index is 0.118. The summed E-state index contributed by atoms with van der Waals surface area (Å²) < 4.78 is 37.8. The Hall–Kier alpha value is -2.60. The van der Waals surface area contributed by atoms with E-state index in [-0.39, 0.29) is 4.90 Å². The van der Waals surface area contributed by atoms with Crippen LogP contribution in [0.3, 0.4) is 0 Å². The molecule has 0 fully saturated rings. The molecule has 0 bridgehead atoms. The summed E-state index contributed by atoms with van der Waals surface area (Å²) in [4.78, 5) is 0.118. The number of hydrogen-bond donors (Lipinski definition) is 0. The van der Waals surface area contributed by atoms with Gasteiger partial charge in [0, 0.05) is 6.21 Å². The molecule has 0 amide bonds. The van der Waals surface area contributed by atoms with Crippen molar-refractivity contribution >= 4 is 22.3 Å². The lowest BCUT2D eigenvalue weighted by Gasteiger charge is -2.01. The predicted octanol–water partition coefficient (Wildman–Crippen LogP) is 3.18. The molecule has 0 saturated carbocycles. The van der Waals surface area contributed by atoms with Crippen LogP contribution in [0, 0.1) is 0 Å². The molecule has 0 aliphatic carbocycles. The zero-order chi connectivity index (χ0) is 16.7. The van der Waals surface area contributed by atoms with Gasteiger partial charge < -0.3 is 9.47 Å². The second-order valence-electron chi connectivity index (χ2n) is 4.54. The molecule has 2 aromatic carbocycles. The largest absolute Gasteiger partial charge is 0.497 e. The SMILES string of the molecule is COc1ccc(C=CC=NS(=O)(=O)c2ccc(OC)cc2)cc1. The monoisotopic (exact) mass is 331 g/mol. The summed E-state index contributed by atoms with van der Waals surface area (Å²) in [5, 5.41) is 0. The number of nitrogens with zero attached hydrogens (tertiary/aromatic N) is 1. The van der Waals surface area contributed by atoms with Gasteiger partial charge in [-0.2, -0.15) is 12.8 Å². The van der Waals surface area contributed by atoms with Crippen LogP contribution in [0.15, 0.2) is 63.9 Å². The Labute approximate surface area is 136 Å². The lowest BCUT2D eigenvalue weighted by atomic mass is 10.2. The number of benzene rings is 2. The van der Waals surface area contributed by atoms with E-state index in [1.54, 1.807) is 31.4 Å². The number of rotatable bonds is 6. The lowest BCUT2D eigenvalue weighted by Crippen LogP contribution is -1.96. The van der Waals surface area contributed by atoms with Gasteiger partial charge in [0.05, 0.1) is 19.1 Å². The van der Waals surface area contributed by atoms with Crippen molar-refractivity contribution in [3.05, 3.63) is 60.2 Å². The van der Waals surface area contributed by atoms with Gasteiger partial charge in [0.25, 0.3) is 10.0 Å². The molecule has 0 aliphatic rings. The molecule has 2 aromatic rings. The van der Waals surface area contributed by atoms with Crippen LogP contribution in [-0.4, -0.2) is 28.9 Å². The van der Waals surface area contributed by atoms with Crippen molar-refractivity contribution < 1.29 is 17.9 Å². The molecule has 0 heterocycles. The highest BCUT2D eigenvalue weighted by atomic mass is 32.2. The Morgan fingerprint density at radius 3 is 1.91 bits per heavy atom. The molecular formula is C17H17NO4S. The average Bonchev–Trinajstić information content (AvgIpc) is 2.59. The van der Waals surface area contributed by atoms with Crippen molar-refractivity contribution in [3.8, 4) is 11.5 Å². The second kappa shape index (κ2) is 7.60. The summed E-state index contributed by atoms with van der Waals surface area (Å²) >= 11 is 0. The first kappa shape index (κ1) is 16.8. The van der Waals surface area contributed by atoms with E-state index >= 15 is 0 Å². The zero-order valence-corrected chi connectivity index (χ0v) is 13.7. The van der Waals surface area contributed by atoms with Crippen LogP contribution < -0.4 is 9.47 Å². The van der Waals surface area contributed by atoms with Gasteiger partial charge in [-0.05, 0) is 48.0 Å². The molecule has 0 N–H and O–H groups in total. The standard InChI is InChI=1S/C17H17NO4S/c1-21-15-7-5-14(6-8-15)4-3-13-18-23(19,20)17-11-9-16(22-2)10-12-17/h3-13H,1-2H3. The van der Waals surface area contributed by atoms with Crippen LogP contribution in [0.25, 0.3) is 6.08 Å². The fourth-order valence-corrected chi connectivity index (χ4v) is 2.63. The maximum atomic E-state index is 12.0. The maximum Gasteiger partial charge on any atom is 0.282 e. The molecule has 0 aliphatic heterocycles. The smallest absolute Gasteiger partial charge is 0.282 e. The fraction of sp³-hybridized carbons (Fsp3) is 0.118.